The maximum absolute atomic E-state index is 13.2. The Hall–Kier alpha value is -2.50. The Labute approximate surface area is 153 Å². The fourth-order valence-corrected chi connectivity index (χ4v) is 3.77. The average molecular weight is 358 g/mol. The molecule has 6 heteroatoms. The third-order valence-electron chi connectivity index (χ3n) is 5.35. The Morgan fingerprint density at radius 2 is 1.73 bits per heavy atom. The van der Waals surface area contributed by atoms with Gasteiger partial charge >= 0.3 is 0 Å². The van der Waals surface area contributed by atoms with Crippen molar-refractivity contribution in [1.82, 2.24) is 9.47 Å². The van der Waals surface area contributed by atoms with E-state index in [-0.39, 0.29) is 17.5 Å². The largest absolute Gasteiger partial charge is 0.493 e. The monoisotopic (exact) mass is 358 g/mol. The van der Waals surface area contributed by atoms with E-state index in [0.29, 0.717) is 34.4 Å². The van der Waals surface area contributed by atoms with Crippen LogP contribution in [0.3, 0.4) is 0 Å². The van der Waals surface area contributed by atoms with Crippen molar-refractivity contribution in [3.8, 4) is 11.5 Å². The lowest BCUT2D eigenvalue weighted by Gasteiger charge is -2.25. The summed E-state index contributed by atoms with van der Waals surface area (Å²) in [6.07, 6.45) is 6.05. The van der Waals surface area contributed by atoms with Crippen molar-refractivity contribution in [2.24, 2.45) is 0 Å². The highest BCUT2D eigenvalue weighted by atomic mass is 16.5. The van der Waals surface area contributed by atoms with Gasteiger partial charge in [0, 0.05) is 31.2 Å². The lowest BCUT2D eigenvalue weighted by atomic mass is 10.0. The van der Waals surface area contributed by atoms with Gasteiger partial charge in [0.1, 0.15) is 0 Å². The molecule has 0 saturated heterocycles. The minimum Gasteiger partial charge on any atom is -0.493 e. The van der Waals surface area contributed by atoms with E-state index in [1.807, 2.05) is 18.9 Å². The number of pyridine rings is 1. The highest BCUT2D eigenvalue weighted by molar-refractivity contribution is 6.07. The second-order valence-electron chi connectivity index (χ2n) is 6.74. The molecule has 0 bridgehead atoms. The Morgan fingerprint density at radius 3 is 2.27 bits per heavy atom. The Kier molecular flexibility index (Phi) is 5.20. The smallest absolute Gasteiger partial charge is 0.258 e. The summed E-state index contributed by atoms with van der Waals surface area (Å²) >= 11 is 0. The van der Waals surface area contributed by atoms with Crippen molar-refractivity contribution in [3.05, 3.63) is 34.2 Å². The van der Waals surface area contributed by atoms with Crippen molar-refractivity contribution in [2.75, 3.05) is 21.3 Å². The summed E-state index contributed by atoms with van der Waals surface area (Å²) in [7, 11) is 4.93. The summed E-state index contributed by atoms with van der Waals surface area (Å²) in [4.78, 5) is 27.8. The zero-order valence-corrected chi connectivity index (χ0v) is 15.9. The van der Waals surface area contributed by atoms with Gasteiger partial charge in [-0.2, -0.15) is 0 Å². The predicted octanol–water partition coefficient (Wildman–Crippen LogP) is 3.05. The van der Waals surface area contributed by atoms with Crippen LogP contribution in [0.5, 0.6) is 11.5 Å². The number of hydrogen-bond donors (Lipinski definition) is 0. The first-order valence-corrected chi connectivity index (χ1v) is 9.08. The van der Waals surface area contributed by atoms with Crippen LogP contribution in [0.15, 0.2) is 23.1 Å². The number of methoxy groups -OCH3 is 2. The van der Waals surface area contributed by atoms with Crippen molar-refractivity contribution in [2.45, 2.75) is 45.2 Å². The highest BCUT2D eigenvalue weighted by Gasteiger charge is 2.26. The van der Waals surface area contributed by atoms with Crippen molar-refractivity contribution in [1.29, 1.82) is 0 Å². The average Bonchev–Trinajstić information content (AvgIpc) is 3.21. The number of nitrogens with zero attached hydrogens (tertiary/aromatic N) is 2. The van der Waals surface area contributed by atoms with Gasteiger partial charge in [0.15, 0.2) is 11.5 Å². The fourth-order valence-electron chi connectivity index (χ4n) is 3.77. The molecule has 6 nitrogen and oxygen atoms in total. The highest BCUT2D eigenvalue weighted by Crippen LogP contribution is 2.33. The van der Waals surface area contributed by atoms with E-state index in [2.05, 4.69) is 0 Å². The molecular weight excluding hydrogens is 332 g/mol. The van der Waals surface area contributed by atoms with Gasteiger partial charge in [0.25, 0.3) is 11.5 Å². The van der Waals surface area contributed by atoms with E-state index in [0.717, 1.165) is 25.7 Å². The quantitative estimate of drug-likeness (QED) is 0.824. The van der Waals surface area contributed by atoms with Crippen molar-refractivity contribution in [3.63, 3.8) is 0 Å². The van der Waals surface area contributed by atoms with Crippen LogP contribution >= 0.6 is 0 Å². The van der Waals surface area contributed by atoms with Crippen LogP contribution in [0.2, 0.25) is 0 Å². The first-order valence-electron chi connectivity index (χ1n) is 9.08. The van der Waals surface area contributed by atoms with Crippen LogP contribution in [0.25, 0.3) is 10.8 Å². The summed E-state index contributed by atoms with van der Waals surface area (Å²) in [5.41, 5.74) is 0.389. The molecule has 0 atom stereocenters. The molecule has 1 aliphatic carbocycles. The topological polar surface area (TPSA) is 60.8 Å². The van der Waals surface area contributed by atoms with Gasteiger partial charge in [0.05, 0.1) is 25.2 Å². The minimum atomic E-state index is -0.136. The lowest BCUT2D eigenvalue weighted by Crippen LogP contribution is -2.36. The van der Waals surface area contributed by atoms with Gasteiger partial charge in [-0.3, -0.25) is 9.59 Å². The standard InChI is InChI=1S/C20H26N2O4/c1-5-22-12-16(19(23)21(2)13-8-6-7-9-13)14-10-17(25-3)18(26-4)11-15(14)20(22)24/h10-13H,5-9H2,1-4H3. The number of aromatic nitrogens is 1. The van der Waals surface area contributed by atoms with E-state index < -0.39 is 0 Å². The number of amides is 1. The van der Waals surface area contributed by atoms with E-state index in [4.69, 9.17) is 9.47 Å². The van der Waals surface area contributed by atoms with Crippen LogP contribution in [0.4, 0.5) is 0 Å². The number of aryl methyl sites for hydroxylation is 1. The van der Waals surface area contributed by atoms with Gasteiger partial charge in [-0.05, 0) is 31.9 Å². The number of carbonyl (C=O) groups is 1. The molecule has 1 amide bonds. The zero-order chi connectivity index (χ0) is 18.8. The molecule has 0 spiro atoms. The molecule has 1 aliphatic rings. The van der Waals surface area contributed by atoms with Crippen molar-refractivity contribution >= 4 is 16.7 Å². The predicted molar refractivity (Wildman–Crippen MR) is 101 cm³/mol. The van der Waals surface area contributed by atoms with Crippen LogP contribution in [0.1, 0.15) is 43.0 Å². The molecule has 0 unspecified atom stereocenters. The fraction of sp³-hybridized carbons (Fsp3) is 0.500. The molecule has 2 aromatic rings. The first-order chi connectivity index (χ1) is 12.5. The molecule has 1 heterocycles. The van der Waals surface area contributed by atoms with Crippen molar-refractivity contribution < 1.29 is 14.3 Å². The molecule has 140 valence electrons. The molecule has 1 fully saturated rings. The number of carbonyl (C=O) groups excluding carboxylic acids is 1. The minimum absolute atomic E-state index is 0.0590. The Morgan fingerprint density at radius 1 is 1.15 bits per heavy atom. The van der Waals surface area contributed by atoms with Crippen LogP contribution in [-0.2, 0) is 6.54 Å². The zero-order valence-electron chi connectivity index (χ0n) is 15.9. The molecule has 0 aliphatic heterocycles. The van der Waals surface area contributed by atoms with E-state index >= 15 is 0 Å². The molecule has 26 heavy (non-hydrogen) atoms. The first kappa shape index (κ1) is 18.3. The maximum Gasteiger partial charge on any atom is 0.258 e. The van der Waals surface area contributed by atoms with Crippen LogP contribution in [0, 0.1) is 0 Å². The van der Waals surface area contributed by atoms with E-state index in [1.54, 1.807) is 30.0 Å². The third-order valence-corrected chi connectivity index (χ3v) is 5.35. The Bertz CT molecular complexity index is 881. The number of ether oxygens (including phenoxy) is 2. The van der Waals surface area contributed by atoms with E-state index in [1.165, 1.54) is 7.11 Å². The molecule has 3 rings (SSSR count). The number of benzene rings is 1. The molecule has 1 aromatic heterocycles. The Balaban J connectivity index is 2.21. The molecule has 1 aromatic carbocycles. The number of rotatable bonds is 5. The normalized spacial score (nSPS) is 14.6. The second kappa shape index (κ2) is 7.40. The number of hydrogen-bond acceptors (Lipinski definition) is 4. The molecular formula is C20H26N2O4. The summed E-state index contributed by atoms with van der Waals surface area (Å²) in [5, 5.41) is 1.07. The summed E-state index contributed by atoms with van der Waals surface area (Å²) in [6, 6.07) is 3.65. The third kappa shape index (κ3) is 3.04. The molecule has 0 radical (unpaired) electrons. The van der Waals surface area contributed by atoms with Gasteiger partial charge in [-0.1, -0.05) is 12.8 Å². The summed E-state index contributed by atoms with van der Waals surface area (Å²) in [6.45, 7) is 2.39. The second-order valence-corrected chi connectivity index (χ2v) is 6.74. The molecule has 1 saturated carbocycles. The van der Waals surface area contributed by atoms with Gasteiger partial charge < -0.3 is 18.9 Å². The van der Waals surface area contributed by atoms with Gasteiger partial charge in [0.2, 0.25) is 0 Å². The number of fused-ring (bicyclic) bond motifs is 1. The van der Waals surface area contributed by atoms with Crippen LogP contribution < -0.4 is 15.0 Å². The van der Waals surface area contributed by atoms with Crippen LogP contribution in [-0.4, -0.2) is 42.7 Å². The summed E-state index contributed by atoms with van der Waals surface area (Å²) < 4.78 is 12.3. The lowest BCUT2D eigenvalue weighted by molar-refractivity contribution is 0.0736. The van der Waals surface area contributed by atoms with Gasteiger partial charge in [-0.15, -0.1) is 0 Å². The van der Waals surface area contributed by atoms with Gasteiger partial charge in [-0.25, -0.2) is 0 Å². The SMILES string of the molecule is CCn1cc(C(=O)N(C)C2CCCC2)c2cc(OC)c(OC)cc2c1=O. The summed E-state index contributed by atoms with van der Waals surface area (Å²) in [5.74, 6) is 0.927. The molecule has 0 N–H and O–H groups in total. The van der Waals surface area contributed by atoms with E-state index in [9.17, 15) is 9.59 Å². The maximum atomic E-state index is 13.2.